The van der Waals surface area contributed by atoms with Crippen molar-refractivity contribution in [3.8, 4) is 5.75 Å². The number of methoxy groups -OCH3 is 1. The molecule has 0 atom stereocenters. The normalized spacial score (nSPS) is 16.9. The Morgan fingerprint density at radius 2 is 2.12 bits per heavy atom. The van der Waals surface area contributed by atoms with Gasteiger partial charge in [0.25, 0.3) is 5.56 Å². The van der Waals surface area contributed by atoms with E-state index in [0.717, 1.165) is 41.0 Å². The molecule has 1 saturated heterocycles. The van der Waals surface area contributed by atoms with Crippen molar-refractivity contribution < 1.29 is 4.74 Å². The van der Waals surface area contributed by atoms with Crippen LogP contribution in [0.5, 0.6) is 5.75 Å². The number of fused-ring (bicyclic) bond motifs is 3. The topological polar surface area (TPSA) is 45.3 Å². The molecule has 4 rings (SSSR count). The first kappa shape index (κ1) is 16.1. The van der Waals surface area contributed by atoms with Crippen LogP contribution in [0.1, 0.15) is 17.7 Å². The zero-order valence-electron chi connectivity index (χ0n) is 13.5. The number of benzene rings is 1. The second-order valence-electron chi connectivity index (χ2n) is 6.24. The Hall–Kier alpha value is -1.37. The Morgan fingerprint density at radius 3 is 2.88 bits per heavy atom. The monoisotopic (exact) mass is 406 g/mol. The van der Waals surface area contributed by atoms with Crippen LogP contribution in [0, 0.1) is 0 Å². The molecule has 1 aromatic carbocycles. The van der Waals surface area contributed by atoms with Crippen LogP contribution in [0.15, 0.2) is 29.1 Å². The fourth-order valence-electron chi connectivity index (χ4n) is 3.42. The van der Waals surface area contributed by atoms with E-state index in [1.807, 2.05) is 18.2 Å². The molecule has 1 aliphatic heterocycles. The van der Waals surface area contributed by atoms with Gasteiger partial charge in [0, 0.05) is 27.0 Å². The molecule has 4 nitrogen and oxygen atoms in total. The van der Waals surface area contributed by atoms with Gasteiger partial charge >= 0.3 is 0 Å². The van der Waals surface area contributed by atoms with E-state index in [1.54, 1.807) is 18.4 Å². The highest BCUT2D eigenvalue weighted by atomic mass is 79.9. The van der Waals surface area contributed by atoms with Crippen LogP contribution in [-0.4, -0.2) is 34.9 Å². The van der Waals surface area contributed by atoms with E-state index in [2.05, 4.69) is 31.9 Å². The maximum Gasteiger partial charge on any atom is 0.257 e. The van der Waals surface area contributed by atoms with Gasteiger partial charge in [0.05, 0.1) is 12.5 Å². The predicted octanol–water partition coefficient (Wildman–Crippen LogP) is 4.11. The van der Waals surface area contributed by atoms with Gasteiger partial charge in [-0.1, -0.05) is 22.0 Å². The summed E-state index contributed by atoms with van der Waals surface area (Å²) >= 11 is 5.38. The van der Waals surface area contributed by atoms with Gasteiger partial charge in [-0.25, -0.2) is 0 Å². The number of aromatic amines is 1. The molecule has 0 saturated carbocycles. The van der Waals surface area contributed by atoms with Gasteiger partial charge in [0.15, 0.2) is 0 Å². The second-order valence-corrected chi connectivity index (χ2v) is 8.67. The Kier molecular flexibility index (Phi) is 4.37. The Balaban J connectivity index is 1.77. The largest absolute Gasteiger partial charge is 0.496 e. The Morgan fingerprint density at radius 1 is 1.33 bits per heavy atom. The van der Waals surface area contributed by atoms with Crippen molar-refractivity contribution in [1.82, 2.24) is 9.88 Å². The Labute approximate surface area is 152 Å². The lowest BCUT2D eigenvalue weighted by Gasteiger charge is -2.28. The van der Waals surface area contributed by atoms with E-state index in [9.17, 15) is 4.79 Å². The van der Waals surface area contributed by atoms with Crippen LogP contribution in [0.4, 0.5) is 0 Å². The summed E-state index contributed by atoms with van der Waals surface area (Å²) in [4.78, 5) is 20.8. The minimum atomic E-state index is -0.0510. The number of piperidine rings is 1. The lowest BCUT2D eigenvalue weighted by molar-refractivity contribution is 0.228. The summed E-state index contributed by atoms with van der Waals surface area (Å²) in [7, 11) is 1.65. The summed E-state index contributed by atoms with van der Waals surface area (Å²) in [6, 6.07) is 7.84. The van der Waals surface area contributed by atoms with Crippen molar-refractivity contribution in [2.24, 2.45) is 0 Å². The molecule has 0 unspecified atom stereocenters. The number of likely N-dealkylation sites (tertiary alicyclic amines) is 1. The quantitative estimate of drug-likeness (QED) is 0.665. The molecule has 1 fully saturated rings. The minimum Gasteiger partial charge on any atom is -0.496 e. The molecule has 0 radical (unpaired) electrons. The zero-order valence-corrected chi connectivity index (χ0v) is 15.9. The molecule has 3 aromatic rings. The molecule has 0 spiro atoms. The number of rotatable bonds is 3. The first-order valence-corrected chi connectivity index (χ1v) is 9.87. The number of nitrogens with zero attached hydrogens (tertiary/aromatic N) is 1. The van der Waals surface area contributed by atoms with Crippen molar-refractivity contribution in [2.75, 3.05) is 20.2 Å². The van der Waals surface area contributed by atoms with E-state index in [0.29, 0.717) is 10.2 Å². The lowest BCUT2D eigenvalue weighted by atomic mass is 10.1. The van der Waals surface area contributed by atoms with Crippen LogP contribution in [0.25, 0.3) is 21.0 Å². The first-order valence-electron chi connectivity index (χ1n) is 8.13. The highest BCUT2D eigenvalue weighted by molar-refractivity contribution is 9.09. The van der Waals surface area contributed by atoms with Crippen molar-refractivity contribution >= 4 is 48.3 Å². The molecule has 6 heteroatoms. The van der Waals surface area contributed by atoms with Crippen LogP contribution < -0.4 is 10.3 Å². The van der Waals surface area contributed by atoms with Gasteiger partial charge in [0.2, 0.25) is 0 Å². The van der Waals surface area contributed by atoms with Gasteiger partial charge in [0.1, 0.15) is 10.6 Å². The number of aromatic nitrogens is 1. The van der Waals surface area contributed by atoms with E-state index < -0.39 is 0 Å². The molecule has 1 N–H and O–H groups in total. The van der Waals surface area contributed by atoms with E-state index in [4.69, 9.17) is 4.74 Å². The van der Waals surface area contributed by atoms with E-state index in [1.165, 1.54) is 17.7 Å². The van der Waals surface area contributed by atoms with Crippen molar-refractivity contribution in [3.05, 3.63) is 39.5 Å². The van der Waals surface area contributed by atoms with Gasteiger partial charge in [-0.05, 0) is 44.1 Å². The molecule has 0 aliphatic carbocycles. The van der Waals surface area contributed by atoms with E-state index >= 15 is 0 Å². The fraction of sp³-hybridized carbons (Fsp3) is 0.389. The number of thiophene rings is 1. The standard InChI is InChI=1S/C18H19BrN2O2S/c1-23-15-4-2-3-13-16(15)14-9-12(24-18(14)20-17(13)22)10-21-7-5-11(19)6-8-21/h2-4,9,11H,5-8,10H2,1H3,(H,20,22). The van der Waals surface area contributed by atoms with Crippen LogP contribution in [0.3, 0.4) is 0 Å². The number of pyridine rings is 1. The minimum absolute atomic E-state index is 0.0510. The smallest absolute Gasteiger partial charge is 0.257 e. The second kappa shape index (κ2) is 6.50. The highest BCUT2D eigenvalue weighted by Crippen LogP contribution is 2.34. The third kappa shape index (κ3) is 2.87. The summed E-state index contributed by atoms with van der Waals surface area (Å²) in [6.07, 6.45) is 2.39. The zero-order chi connectivity index (χ0) is 16.7. The number of H-pyrrole nitrogens is 1. The number of nitrogens with one attached hydrogen (secondary N) is 1. The molecule has 1 aliphatic rings. The number of alkyl halides is 1. The average molecular weight is 407 g/mol. The third-order valence-corrected chi connectivity index (χ3v) is 6.62. The Bertz CT molecular complexity index is 941. The van der Waals surface area contributed by atoms with Gasteiger partial charge in [-0.15, -0.1) is 11.3 Å². The molecule has 0 amide bonds. The molecular weight excluding hydrogens is 388 g/mol. The molecule has 3 heterocycles. The van der Waals surface area contributed by atoms with Gasteiger partial charge in [-0.2, -0.15) is 0 Å². The fourth-order valence-corrected chi connectivity index (χ4v) is 4.93. The van der Waals surface area contributed by atoms with Crippen molar-refractivity contribution in [3.63, 3.8) is 0 Å². The van der Waals surface area contributed by atoms with Crippen LogP contribution in [0.2, 0.25) is 0 Å². The number of hydrogen-bond donors (Lipinski definition) is 1. The predicted molar refractivity (Wildman–Crippen MR) is 104 cm³/mol. The SMILES string of the molecule is COc1cccc2c(=O)[nH]c3sc(CN4CCC(Br)CC4)cc3c12. The lowest BCUT2D eigenvalue weighted by Crippen LogP contribution is -2.33. The number of halogens is 1. The summed E-state index contributed by atoms with van der Waals surface area (Å²) in [6.45, 7) is 3.17. The number of ether oxygens (including phenoxy) is 1. The van der Waals surface area contributed by atoms with Crippen LogP contribution in [-0.2, 0) is 6.54 Å². The third-order valence-electron chi connectivity index (χ3n) is 4.67. The highest BCUT2D eigenvalue weighted by Gasteiger charge is 2.19. The first-order chi connectivity index (χ1) is 11.7. The maximum absolute atomic E-state index is 12.4. The molecule has 0 bridgehead atoms. The molecule has 24 heavy (non-hydrogen) atoms. The van der Waals surface area contributed by atoms with Crippen LogP contribution >= 0.6 is 27.3 Å². The van der Waals surface area contributed by atoms with Crippen molar-refractivity contribution in [2.45, 2.75) is 24.2 Å². The summed E-state index contributed by atoms with van der Waals surface area (Å²) in [5.41, 5.74) is -0.0510. The van der Waals surface area contributed by atoms with E-state index in [-0.39, 0.29) is 5.56 Å². The molecule has 126 valence electrons. The summed E-state index contributed by atoms with van der Waals surface area (Å²) in [5, 5.41) is 2.68. The molecule has 2 aromatic heterocycles. The van der Waals surface area contributed by atoms with Gasteiger partial charge in [-0.3, -0.25) is 9.69 Å². The van der Waals surface area contributed by atoms with Crippen molar-refractivity contribution in [1.29, 1.82) is 0 Å². The summed E-state index contributed by atoms with van der Waals surface area (Å²) < 4.78 is 5.50. The maximum atomic E-state index is 12.4. The number of hydrogen-bond acceptors (Lipinski definition) is 4. The van der Waals surface area contributed by atoms with Gasteiger partial charge < -0.3 is 9.72 Å². The molecular formula is C18H19BrN2O2S. The average Bonchev–Trinajstić information content (AvgIpc) is 2.98. The summed E-state index contributed by atoms with van der Waals surface area (Å²) in [5.74, 6) is 0.757.